The summed E-state index contributed by atoms with van der Waals surface area (Å²) >= 11 is 0. The van der Waals surface area contributed by atoms with E-state index in [1.165, 1.54) is 31.4 Å². The first kappa shape index (κ1) is 18.6. The van der Waals surface area contributed by atoms with Crippen molar-refractivity contribution in [2.75, 3.05) is 0 Å². The van der Waals surface area contributed by atoms with Gasteiger partial charge in [0.05, 0.1) is 6.04 Å². The van der Waals surface area contributed by atoms with Crippen LogP contribution in [0.3, 0.4) is 0 Å². The van der Waals surface area contributed by atoms with Crippen molar-refractivity contribution in [3.63, 3.8) is 0 Å². The number of rotatable bonds is 5. The fourth-order valence-corrected chi connectivity index (χ4v) is 3.89. The van der Waals surface area contributed by atoms with Gasteiger partial charge in [-0.3, -0.25) is 4.79 Å². The molecular formula is C22H25F2NO. The molecule has 0 aromatic heterocycles. The lowest BCUT2D eigenvalue weighted by Gasteiger charge is -2.25. The van der Waals surface area contributed by atoms with Crippen molar-refractivity contribution in [1.82, 2.24) is 5.32 Å². The van der Waals surface area contributed by atoms with E-state index in [0.29, 0.717) is 23.5 Å². The zero-order valence-corrected chi connectivity index (χ0v) is 15.1. The maximum absolute atomic E-state index is 14.1. The van der Waals surface area contributed by atoms with Gasteiger partial charge in [-0.15, -0.1) is 0 Å². The topological polar surface area (TPSA) is 29.1 Å². The zero-order chi connectivity index (χ0) is 18.5. The summed E-state index contributed by atoms with van der Waals surface area (Å²) in [5.41, 5.74) is 2.07. The molecule has 3 rings (SSSR count). The average Bonchev–Trinajstić information content (AvgIpc) is 2.67. The molecule has 1 aliphatic rings. The molecule has 0 spiro atoms. The smallest absolute Gasteiger partial charge is 0.252 e. The van der Waals surface area contributed by atoms with E-state index in [1.54, 1.807) is 0 Å². The van der Waals surface area contributed by atoms with Gasteiger partial charge in [0.2, 0.25) is 0 Å². The molecule has 138 valence electrons. The maximum Gasteiger partial charge on any atom is 0.252 e. The van der Waals surface area contributed by atoms with E-state index < -0.39 is 17.7 Å². The van der Waals surface area contributed by atoms with Gasteiger partial charge >= 0.3 is 0 Å². The van der Waals surface area contributed by atoms with E-state index in [2.05, 4.69) is 5.32 Å². The molecule has 1 atom stereocenters. The molecule has 1 N–H and O–H groups in total. The van der Waals surface area contributed by atoms with Crippen LogP contribution in [0.4, 0.5) is 8.78 Å². The molecular weight excluding hydrogens is 332 g/mol. The van der Waals surface area contributed by atoms with E-state index in [-0.39, 0.29) is 5.91 Å². The van der Waals surface area contributed by atoms with Crippen LogP contribution >= 0.6 is 0 Å². The molecule has 0 saturated heterocycles. The molecule has 0 bridgehead atoms. The van der Waals surface area contributed by atoms with Crippen molar-refractivity contribution in [2.45, 2.75) is 57.4 Å². The van der Waals surface area contributed by atoms with Gasteiger partial charge < -0.3 is 5.32 Å². The number of carbonyl (C=O) groups excluding carboxylic acids is 1. The Morgan fingerprint density at radius 1 is 1.12 bits per heavy atom. The van der Waals surface area contributed by atoms with Crippen LogP contribution in [0.2, 0.25) is 0 Å². The van der Waals surface area contributed by atoms with Crippen LogP contribution in [-0.4, -0.2) is 5.91 Å². The Bertz CT molecular complexity index is 768. The van der Waals surface area contributed by atoms with Gasteiger partial charge in [-0.25, -0.2) is 8.78 Å². The van der Waals surface area contributed by atoms with Crippen LogP contribution in [0.1, 0.15) is 78.9 Å². The molecule has 1 unspecified atom stereocenters. The first-order valence-corrected chi connectivity index (χ1v) is 9.45. The largest absolute Gasteiger partial charge is 0.345 e. The SMILES string of the molecule is CCC(NC(=O)c1ccccc1C1CCCCC1)c1ccc(F)cc1F. The summed E-state index contributed by atoms with van der Waals surface area (Å²) in [4.78, 5) is 12.9. The van der Waals surface area contributed by atoms with Crippen molar-refractivity contribution in [1.29, 1.82) is 0 Å². The second-order valence-electron chi connectivity index (χ2n) is 7.02. The zero-order valence-electron chi connectivity index (χ0n) is 15.1. The molecule has 26 heavy (non-hydrogen) atoms. The van der Waals surface area contributed by atoms with Gasteiger partial charge in [-0.2, -0.15) is 0 Å². The summed E-state index contributed by atoms with van der Waals surface area (Å²) in [5, 5.41) is 2.94. The molecule has 2 nitrogen and oxygen atoms in total. The van der Waals surface area contributed by atoms with Crippen molar-refractivity contribution in [3.05, 3.63) is 70.8 Å². The second kappa shape index (κ2) is 8.43. The average molecular weight is 357 g/mol. The lowest BCUT2D eigenvalue weighted by molar-refractivity contribution is 0.0933. The van der Waals surface area contributed by atoms with Gasteiger partial charge in [-0.1, -0.05) is 50.5 Å². The van der Waals surface area contributed by atoms with Gasteiger partial charge in [0.1, 0.15) is 11.6 Å². The number of halogens is 2. The van der Waals surface area contributed by atoms with E-state index >= 15 is 0 Å². The normalized spacial score (nSPS) is 16.3. The van der Waals surface area contributed by atoms with Gasteiger partial charge in [-0.05, 0) is 42.9 Å². The highest BCUT2D eigenvalue weighted by Gasteiger charge is 2.23. The van der Waals surface area contributed by atoms with E-state index in [9.17, 15) is 13.6 Å². The molecule has 1 saturated carbocycles. The standard InChI is InChI=1S/C22H25F2NO/c1-2-21(19-13-12-16(23)14-20(19)24)25-22(26)18-11-7-6-10-17(18)15-8-4-3-5-9-15/h6-7,10-15,21H,2-5,8-9H2,1H3,(H,25,26). The number of benzene rings is 2. The van der Waals surface area contributed by atoms with Crippen LogP contribution in [0.15, 0.2) is 42.5 Å². The first-order valence-electron chi connectivity index (χ1n) is 9.45. The Morgan fingerprint density at radius 2 is 1.85 bits per heavy atom. The number of hydrogen-bond acceptors (Lipinski definition) is 1. The number of carbonyl (C=O) groups is 1. The van der Waals surface area contributed by atoms with E-state index in [4.69, 9.17) is 0 Å². The molecule has 2 aromatic carbocycles. The summed E-state index contributed by atoms with van der Waals surface area (Å²) in [6, 6.07) is 10.7. The van der Waals surface area contributed by atoms with Crippen LogP contribution < -0.4 is 5.32 Å². The molecule has 1 amide bonds. The highest BCUT2D eigenvalue weighted by Crippen LogP contribution is 2.34. The summed E-state index contributed by atoms with van der Waals surface area (Å²) in [7, 11) is 0. The lowest BCUT2D eigenvalue weighted by Crippen LogP contribution is -2.30. The van der Waals surface area contributed by atoms with E-state index in [1.807, 2.05) is 31.2 Å². The Morgan fingerprint density at radius 3 is 2.54 bits per heavy atom. The predicted octanol–water partition coefficient (Wildman–Crippen LogP) is 5.89. The highest BCUT2D eigenvalue weighted by molar-refractivity contribution is 5.96. The minimum Gasteiger partial charge on any atom is -0.345 e. The number of amides is 1. The second-order valence-corrected chi connectivity index (χ2v) is 7.02. The Kier molecular flexibility index (Phi) is 6.02. The summed E-state index contributed by atoms with van der Waals surface area (Å²) < 4.78 is 27.3. The quantitative estimate of drug-likeness (QED) is 0.710. The lowest BCUT2D eigenvalue weighted by atomic mass is 9.82. The minimum atomic E-state index is -0.627. The number of hydrogen-bond donors (Lipinski definition) is 1. The monoisotopic (exact) mass is 357 g/mol. The van der Waals surface area contributed by atoms with Gasteiger partial charge in [0, 0.05) is 17.2 Å². The van der Waals surface area contributed by atoms with Crippen molar-refractivity contribution in [2.24, 2.45) is 0 Å². The molecule has 1 aliphatic carbocycles. The van der Waals surface area contributed by atoms with Crippen molar-refractivity contribution >= 4 is 5.91 Å². The fourth-order valence-electron chi connectivity index (χ4n) is 3.89. The molecule has 0 aliphatic heterocycles. The van der Waals surface area contributed by atoms with Crippen LogP contribution in [0.25, 0.3) is 0 Å². The summed E-state index contributed by atoms with van der Waals surface area (Å²) in [6.45, 7) is 1.88. The first-order chi connectivity index (χ1) is 12.6. The Hall–Kier alpha value is -2.23. The Balaban J connectivity index is 1.82. The summed E-state index contributed by atoms with van der Waals surface area (Å²) in [6.07, 6.45) is 6.38. The summed E-state index contributed by atoms with van der Waals surface area (Å²) in [5.74, 6) is -1.03. The van der Waals surface area contributed by atoms with Crippen LogP contribution in [0.5, 0.6) is 0 Å². The van der Waals surface area contributed by atoms with Crippen molar-refractivity contribution < 1.29 is 13.6 Å². The third-order valence-corrected chi connectivity index (χ3v) is 5.30. The minimum absolute atomic E-state index is 0.193. The van der Waals surface area contributed by atoms with Gasteiger partial charge in [0.25, 0.3) is 5.91 Å². The predicted molar refractivity (Wildman–Crippen MR) is 99.1 cm³/mol. The maximum atomic E-state index is 14.1. The third-order valence-electron chi connectivity index (χ3n) is 5.30. The number of nitrogens with one attached hydrogen (secondary N) is 1. The molecule has 2 aromatic rings. The molecule has 0 radical (unpaired) electrons. The van der Waals surface area contributed by atoms with Crippen LogP contribution in [-0.2, 0) is 0 Å². The van der Waals surface area contributed by atoms with Crippen molar-refractivity contribution in [3.8, 4) is 0 Å². The van der Waals surface area contributed by atoms with Gasteiger partial charge in [0.15, 0.2) is 0 Å². The highest BCUT2D eigenvalue weighted by atomic mass is 19.1. The van der Waals surface area contributed by atoms with E-state index in [0.717, 1.165) is 24.5 Å². The molecule has 0 heterocycles. The Labute approximate surface area is 153 Å². The van der Waals surface area contributed by atoms with Crippen LogP contribution in [0, 0.1) is 11.6 Å². The molecule has 1 fully saturated rings. The fraction of sp³-hybridized carbons (Fsp3) is 0.409. The molecule has 4 heteroatoms. The third kappa shape index (κ3) is 4.12.